The molecule has 2 heterocycles. The highest BCUT2D eigenvalue weighted by Gasteiger charge is 2.37. The van der Waals surface area contributed by atoms with Crippen LogP contribution in [-0.2, 0) is 5.41 Å². The van der Waals surface area contributed by atoms with E-state index in [0.717, 1.165) is 60.6 Å². The van der Waals surface area contributed by atoms with Crippen LogP contribution in [0.1, 0.15) is 38.8 Å². The van der Waals surface area contributed by atoms with Crippen LogP contribution in [-0.4, -0.2) is 19.5 Å². The molecule has 0 saturated heterocycles. The number of aromatic nitrogens is 4. The number of hydrogen-bond acceptors (Lipinski definition) is 3. The Morgan fingerprint density at radius 2 is 1.00 bits per heavy atom. The molecule has 9 aromatic carbocycles. The van der Waals surface area contributed by atoms with Crippen molar-refractivity contribution in [2.75, 3.05) is 0 Å². The number of hydrogen-bond donors (Lipinski definition) is 0. The fourth-order valence-electron chi connectivity index (χ4n) is 9.65. The normalized spacial score (nSPS) is 12.6. The molecule has 4 nitrogen and oxygen atoms in total. The molecule has 0 saturated carbocycles. The van der Waals surface area contributed by atoms with Crippen LogP contribution in [0.5, 0.6) is 0 Å². The first-order valence-corrected chi connectivity index (χ1v) is 21.6. The molecule has 0 N–H and O–H groups in total. The molecule has 1 aliphatic rings. The quantitative estimate of drug-likeness (QED) is 0.174. The molecule has 4 heteroatoms. The van der Waals surface area contributed by atoms with Gasteiger partial charge in [-0.05, 0) is 84.8 Å². The summed E-state index contributed by atoms with van der Waals surface area (Å²) in [7, 11) is 0. The standard InChI is InChI=1S/C56H38N4.C2H6/c1-56(2)48-30-28-36-17-11-12-24-43(36)51(48)46-29-27-41(33-49(46)56)44-25-14-26-45-47-32-39-20-9-10-21-40(39)34-50(47)60(52(44)45)55-58-53(37-18-7-4-8-19-37)57-54(59-55)42-23-13-22-38(31-42)35-15-5-3-6-16-35;1-2/h3-34H,1-2H3;1-2H3. The molecule has 0 amide bonds. The van der Waals surface area contributed by atoms with Crippen molar-refractivity contribution in [1.29, 1.82) is 0 Å². The van der Waals surface area contributed by atoms with E-state index in [2.05, 4.69) is 188 Å². The van der Waals surface area contributed by atoms with E-state index in [1.165, 1.54) is 38.4 Å². The molecule has 12 rings (SSSR count). The lowest BCUT2D eigenvalue weighted by Crippen LogP contribution is -2.15. The molecule has 1 aliphatic carbocycles. The molecule has 0 bridgehead atoms. The number of benzene rings is 9. The van der Waals surface area contributed by atoms with Gasteiger partial charge in [-0.2, -0.15) is 9.97 Å². The van der Waals surface area contributed by atoms with Gasteiger partial charge in [-0.1, -0.05) is 198 Å². The Morgan fingerprint density at radius 1 is 0.387 bits per heavy atom. The van der Waals surface area contributed by atoms with Crippen molar-refractivity contribution in [3.63, 3.8) is 0 Å². The van der Waals surface area contributed by atoms with E-state index in [9.17, 15) is 0 Å². The summed E-state index contributed by atoms with van der Waals surface area (Å²) in [6, 6.07) is 69.6. The van der Waals surface area contributed by atoms with Crippen molar-refractivity contribution >= 4 is 43.4 Å². The summed E-state index contributed by atoms with van der Waals surface area (Å²) in [6.07, 6.45) is 0. The highest BCUT2D eigenvalue weighted by molar-refractivity contribution is 6.17. The van der Waals surface area contributed by atoms with Crippen molar-refractivity contribution < 1.29 is 0 Å². The Kier molecular flexibility index (Phi) is 8.90. The summed E-state index contributed by atoms with van der Waals surface area (Å²) in [5, 5.41) is 7.23. The van der Waals surface area contributed by atoms with Crippen LogP contribution in [0, 0.1) is 0 Å². The van der Waals surface area contributed by atoms with E-state index < -0.39 is 0 Å². The van der Waals surface area contributed by atoms with Gasteiger partial charge in [0.1, 0.15) is 0 Å². The van der Waals surface area contributed by atoms with Gasteiger partial charge in [0.05, 0.1) is 11.0 Å². The smallest absolute Gasteiger partial charge is 0.238 e. The van der Waals surface area contributed by atoms with Gasteiger partial charge >= 0.3 is 0 Å². The third-order valence-corrected chi connectivity index (χ3v) is 12.6. The largest absolute Gasteiger partial charge is 0.277 e. The zero-order valence-corrected chi connectivity index (χ0v) is 35.3. The maximum Gasteiger partial charge on any atom is 0.238 e. The van der Waals surface area contributed by atoms with Gasteiger partial charge in [-0.25, -0.2) is 4.98 Å². The van der Waals surface area contributed by atoms with Crippen LogP contribution in [0.2, 0.25) is 0 Å². The number of para-hydroxylation sites is 1. The lowest BCUT2D eigenvalue weighted by Gasteiger charge is -2.22. The molecule has 0 radical (unpaired) electrons. The van der Waals surface area contributed by atoms with Crippen LogP contribution >= 0.6 is 0 Å². The second-order valence-corrected chi connectivity index (χ2v) is 16.4. The minimum absolute atomic E-state index is 0.176. The Balaban J connectivity index is 0.00000213. The van der Waals surface area contributed by atoms with Gasteiger partial charge in [0.25, 0.3) is 0 Å². The Labute approximate surface area is 361 Å². The lowest BCUT2D eigenvalue weighted by molar-refractivity contribution is 0.661. The van der Waals surface area contributed by atoms with Crippen LogP contribution in [0.25, 0.3) is 105 Å². The van der Waals surface area contributed by atoms with E-state index in [0.29, 0.717) is 17.6 Å². The molecular formula is C58H44N4. The van der Waals surface area contributed by atoms with Gasteiger partial charge in [0.15, 0.2) is 11.6 Å². The van der Waals surface area contributed by atoms with E-state index in [-0.39, 0.29) is 5.41 Å². The van der Waals surface area contributed by atoms with Crippen molar-refractivity contribution in [1.82, 2.24) is 19.5 Å². The Hall–Kier alpha value is -7.69. The van der Waals surface area contributed by atoms with E-state index in [4.69, 9.17) is 15.0 Å². The maximum atomic E-state index is 5.40. The zero-order valence-electron chi connectivity index (χ0n) is 35.3. The molecule has 2 aromatic heterocycles. The second-order valence-electron chi connectivity index (χ2n) is 16.4. The first kappa shape index (κ1) is 37.3. The number of nitrogens with zero attached hydrogens (tertiary/aromatic N) is 4. The molecule has 0 aliphatic heterocycles. The van der Waals surface area contributed by atoms with Crippen molar-refractivity contribution in [2.45, 2.75) is 33.1 Å². The van der Waals surface area contributed by atoms with E-state index in [1.54, 1.807) is 0 Å². The van der Waals surface area contributed by atoms with Gasteiger partial charge in [-0.15, -0.1) is 0 Å². The fraction of sp³-hybridized carbons (Fsp3) is 0.0862. The van der Waals surface area contributed by atoms with Gasteiger partial charge in [0.2, 0.25) is 5.95 Å². The summed E-state index contributed by atoms with van der Waals surface area (Å²) < 4.78 is 2.28. The second kappa shape index (κ2) is 14.8. The predicted octanol–water partition coefficient (Wildman–Crippen LogP) is 15.3. The fourth-order valence-corrected chi connectivity index (χ4v) is 9.65. The molecule has 62 heavy (non-hydrogen) atoms. The SMILES string of the molecule is CC.CC1(C)c2cc(-c3cccc4c5cc6ccccc6cc5n(-c5nc(-c6ccccc6)nc(-c6cccc(-c7ccccc7)c6)n5)c34)ccc2-c2c1ccc1ccccc21. The molecule has 0 fully saturated rings. The topological polar surface area (TPSA) is 43.6 Å². The predicted molar refractivity (Wildman–Crippen MR) is 260 cm³/mol. The van der Waals surface area contributed by atoms with Crippen molar-refractivity contribution in [3.8, 4) is 62.1 Å². The molecule has 11 aromatic rings. The zero-order chi connectivity index (χ0) is 42.0. The minimum atomic E-state index is -0.176. The van der Waals surface area contributed by atoms with E-state index in [1.807, 2.05) is 38.1 Å². The summed E-state index contributed by atoms with van der Waals surface area (Å²) in [5.41, 5.74) is 13.7. The number of rotatable bonds is 5. The summed E-state index contributed by atoms with van der Waals surface area (Å²) >= 11 is 0. The molecule has 0 unspecified atom stereocenters. The number of fused-ring (bicyclic) bond motifs is 9. The van der Waals surface area contributed by atoms with Gasteiger partial charge < -0.3 is 0 Å². The van der Waals surface area contributed by atoms with Crippen LogP contribution in [0.4, 0.5) is 0 Å². The summed E-state index contributed by atoms with van der Waals surface area (Å²) in [6.45, 7) is 8.73. The highest BCUT2D eigenvalue weighted by Crippen LogP contribution is 2.52. The average Bonchev–Trinajstić information content (AvgIpc) is 3.79. The first-order chi connectivity index (χ1) is 30.5. The lowest BCUT2D eigenvalue weighted by atomic mass is 9.81. The molecule has 0 atom stereocenters. The van der Waals surface area contributed by atoms with Crippen molar-refractivity contribution in [2.24, 2.45) is 0 Å². The van der Waals surface area contributed by atoms with Gasteiger partial charge in [0, 0.05) is 32.9 Å². The summed E-state index contributed by atoms with van der Waals surface area (Å²) in [4.78, 5) is 15.9. The highest BCUT2D eigenvalue weighted by atomic mass is 15.2. The third-order valence-electron chi connectivity index (χ3n) is 12.6. The minimum Gasteiger partial charge on any atom is -0.277 e. The Morgan fingerprint density at radius 3 is 1.77 bits per heavy atom. The summed E-state index contributed by atoms with van der Waals surface area (Å²) in [5.74, 6) is 1.82. The van der Waals surface area contributed by atoms with E-state index >= 15 is 0 Å². The first-order valence-electron chi connectivity index (χ1n) is 21.6. The maximum absolute atomic E-state index is 5.40. The van der Waals surface area contributed by atoms with Crippen LogP contribution in [0.3, 0.4) is 0 Å². The average molecular weight is 797 g/mol. The van der Waals surface area contributed by atoms with Crippen LogP contribution < -0.4 is 0 Å². The third kappa shape index (κ3) is 5.94. The molecular weight excluding hydrogens is 753 g/mol. The van der Waals surface area contributed by atoms with Crippen LogP contribution in [0.15, 0.2) is 194 Å². The van der Waals surface area contributed by atoms with Crippen molar-refractivity contribution in [3.05, 3.63) is 205 Å². The molecule has 296 valence electrons. The Bertz CT molecular complexity index is 3510. The monoisotopic (exact) mass is 796 g/mol. The molecule has 0 spiro atoms. The van der Waals surface area contributed by atoms with Gasteiger partial charge in [-0.3, -0.25) is 4.57 Å².